The second-order valence-electron chi connectivity index (χ2n) is 5.06. The van der Waals surface area contributed by atoms with Gasteiger partial charge in [-0.2, -0.15) is 0 Å². The van der Waals surface area contributed by atoms with Crippen molar-refractivity contribution in [2.75, 3.05) is 6.54 Å². The van der Waals surface area contributed by atoms with E-state index in [9.17, 15) is 9.59 Å². The van der Waals surface area contributed by atoms with E-state index < -0.39 is 12.0 Å². The molecule has 1 rings (SSSR count). The number of rotatable bonds is 5. The number of nitrogens with one attached hydrogen (secondary N) is 2. The van der Waals surface area contributed by atoms with Gasteiger partial charge in [-0.05, 0) is 24.7 Å². The van der Waals surface area contributed by atoms with Crippen molar-refractivity contribution < 1.29 is 14.7 Å². The average Bonchev–Trinajstić information content (AvgIpc) is 2.74. The molecule has 0 aromatic heterocycles. The number of carbonyl (C=O) groups is 2. The molecule has 0 radical (unpaired) electrons. The Hall–Kier alpha value is -1.26. The Labute approximate surface area is 102 Å². The summed E-state index contributed by atoms with van der Waals surface area (Å²) in [6, 6.07) is -1.20. The van der Waals surface area contributed by atoms with Crippen LogP contribution in [0.25, 0.3) is 0 Å². The van der Waals surface area contributed by atoms with Gasteiger partial charge in [-0.1, -0.05) is 26.7 Å². The summed E-state index contributed by atoms with van der Waals surface area (Å²) in [4.78, 5) is 22.4. The predicted octanol–water partition coefficient (Wildman–Crippen LogP) is 1.58. The number of hydrogen-bond acceptors (Lipinski definition) is 2. The van der Waals surface area contributed by atoms with Crippen molar-refractivity contribution in [3.05, 3.63) is 0 Å². The number of carbonyl (C=O) groups excluding carboxylic acids is 1. The third-order valence-electron chi connectivity index (χ3n) is 3.25. The average molecular weight is 242 g/mol. The van der Waals surface area contributed by atoms with Gasteiger partial charge in [-0.15, -0.1) is 0 Å². The van der Waals surface area contributed by atoms with Gasteiger partial charge in [0.1, 0.15) is 6.04 Å². The molecule has 1 aliphatic rings. The zero-order chi connectivity index (χ0) is 12.8. The Bertz CT molecular complexity index is 273. The summed E-state index contributed by atoms with van der Waals surface area (Å²) in [5.41, 5.74) is 0. The molecule has 5 heteroatoms. The SMILES string of the molecule is CC(C)[C@@H](NC(=O)NCC1CCCC1)C(=O)O. The molecule has 1 atom stereocenters. The Morgan fingerprint density at radius 3 is 2.35 bits per heavy atom. The van der Waals surface area contributed by atoms with E-state index in [1.165, 1.54) is 12.8 Å². The molecule has 3 N–H and O–H groups in total. The van der Waals surface area contributed by atoms with Crippen molar-refractivity contribution in [2.45, 2.75) is 45.6 Å². The monoisotopic (exact) mass is 242 g/mol. The van der Waals surface area contributed by atoms with Crippen LogP contribution < -0.4 is 10.6 Å². The van der Waals surface area contributed by atoms with Crippen LogP contribution in [0.3, 0.4) is 0 Å². The first-order chi connectivity index (χ1) is 8.00. The normalized spacial score (nSPS) is 18.1. The number of carboxylic acid groups (broad SMARTS) is 1. The molecule has 5 nitrogen and oxygen atoms in total. The van der Waals surface area contributed by atoms with Crippen LogP contribution in [0.4, 0.5) is 4.79 Å². The molecule has 0 saturated heterocycles. The van der Waals surface area contributed by atoms with Crippen LogP contribution in [0.15, 0.2) is 0 Å². The van der Waals surface area contributed by atoms with Gasteiger partial charge in [0.05, 0.1) is 0 Å². The van der Waals surface area contributed by atoms with Crippen LogP contribution in [0.5, 0.6) is 0 Å². The van der Waals surface area contributed by atoms with E-state index in [1.54, 1.807) is 13.8 Å². The molecule has 98 valence electrons. The van der Waals surface area contributed by atoms with Crippen LogP contribution in [-0.2, 0) is 4.79 Å². The maximum atomic E-state index is 11.5. The van der Waals surface area contributed by atoms with Gasteiger partial charge in [0.2, 0.25) is 0 Å². The first kappa shape index (κ1) is 13.8. The van der Waals surface area contributed by atoms with Crippen molar-refractivity contribution in [3.8, 4) is 0 Å². The maximum absolute atomic E-state index is 11.5. The molecule has 2 amide bonds. The Balaban J connectivity index is 2.29. The molecular formula is C12H22N2O3. The molecule has 1 fully saturated rings. The summed E-state index contributed by atoms with van der Waals surface area (Å²) in [6.45, 7) is 4.20. The minimum Gasteiger partial charge on any atom is -0.480 e. The summed E-state index contributed by atoms with van der Waals surface area (Å²) in [7, 11) is 0. The second kappa shape index (κ2) is 6.47. The van der Waals surface area contributed by atoms with E-state index in [0.29, 0.717) is 12.5 Å². The van der Waals surface area contributed by atoms with Gasteiger partial charge >= 0.3 is 12.0 Å². The zero-order valence-electron chi connectivity index (χ0n) is 10.5. The molecule has 0 heterocycles. The fourth-order valence-corrected chi connectivity index (χ4v) is 2.16. The van der Waals surface area contributed by atoms with Crippen LogP contribution in [-0.4, -0.2) is 29.7 Å². The topological polar surface area (TPSA) is 78.4 Å². The molecule has 17 heavy (non-hydrogen) atoms. The highest BCUT2D eigenvalue weighted by Gasteiger charge is 2.23. The number of aliphatic carboxylic acids is 1. The Kier molecular flexibility index (Phi) is 5.25. The molecule has 0 bridgehead atoms. The minimum absolute atomic E-state index is 0.121. The minimum atomic E-state index is -0.990. The van der Waals surface area contributed by atoms with Gasteiger partial charge in [0.15, 0.2) is 0 Å². The third kappa shape index (κ3) is 4.63. The Morgan fingerprint density at radius 2 is 1.88 bits per heavy atom. The van der Waals surface area contributed by atoms with E-state index in [2.05, 4.69) is 10.6 Å². The highest BCUT2D eigenvalue weighted by molar-refractivity contribution is 5.82. The lowest BCUT2D eigenvalue weighted by Crippen LogP contribution is -2.49. The lowest BCUT2D eigenvalue weighted by molar-refractivity contribution is -0.140. The molecule has 0 aliphatic heterocycles. The first-order valence-electron chi connectivity index (χ1n) is 6.28. The van der Waals surface area contributed by atoms with Crippen molar-refractivity contribution in [3.63, 3.8) is 0 Å². The largest absolute Gasteiger partial charge is 0.480 e. The van der Waals surface area contributed by atoms with Gasteiger partial charge in [0.25, 0.3) is 0 Å². The van der Waals surface area contributed by atoms with E-state index in [4.69, 9.17) is 5.11 Å². The number of amides is 2. The van der Waals surface area contributed by atoms with E-state index in [0.717, 1.165) is 12.8 Å². The Morgan fingerprint density at radius 1 is 1.29 bits per heavy atom. The molecule has 0 spiro atoms. The van der Waals surface area contributed by atoms with Gasteiger partial charge in [0, 0.05) is 6.54 Å². The van der Waals surface area contributed by atoms with Gasteiger partial charge < -0.3 is 15.7 Å². The molecular weight excluding hydrogens is 220 g/mol. The summed E-state index contributed by atoms with van der Waals surface area (Å²) in [5.74, 6) is -0.552. The quantitative estimate of drug-likeness (QED) is 0.685. The molecule has 1 saturated carbocycles. The fourth-order valence-electron chi connectivity index (χ4n) is 2.16. The van der Waals surface area contributed by atoms with Crippen LogP contribution in [0.2, 0.25) is 0 Å². The van der Waals surface area contributed by atoms with E-state index in [-0.39, 0.29) is 11.9 Å². The highest BCUT2D eigenvalue weighted by atomic mass is 16.4. The van der Waals surface area contributed by atoms with Crippen LogP contribution in [0, 0.1) is 11.8 Å². The van der Waals surface area contributed by atoms with Gasteiger partial charge in [-0.25, -0.2) is 9.59 Å². The lowest BCUT2D eigenvalue weighted by Gasteiger charge is -2.19. The smallest absolute Gasteiger partial charge is 0.326 e. The maximum Gasteiger partial charge on any atom is 0.326 e. The van der Waals surface area contributed by atoms with Crippen molar-refractivity contribution in [2.24, 2.45) is 11.8 Å². The number of urea groups is 1. The second-order valence-corrected chi connectivity index (χ2v) is 5.06. The standard InChI is InChI=1S/C12H22N2O3/c1-8(2)10(11(15)16)14-12(17)13-7-9-5-3-4-6-9/h8-10H,3-7H2,1-2H3,(H,15,16)(H2,13,14,17)/t10-/m1/s1. The van der Waals surface area contributed by atoms with Crippen LogP contribution in [0.1, 0.15) is 39.5 Å². The first-order valence-corrected chi connectivity index (χ1v) is 6.28. The van der Waals surface area contributed by atoms with Crippen molar-refractivity contribution in [1.29, 1.82) is 0 Å². The highest BCUT2D eigenvalue weighted by Crippen LogP contribution is 2.23. The van der Waals surface area contributed by atoms with E-state index >= 15 is 0 Å². The summed E-state index contributed by atoms with van der Waals surface area (Å²) in [6.07, 6.45) is 4.79. The molecule has 0 unspecified atom stereocenters. The van der Waals surface area contributed by atoms with Gasteiger partial charge in [-0.3, -0.25) is 0 Å². The zero-order valence-corrected chi connectivity index (χ0v) is 10.5. The molecule has 0 aromatic rings. The number of carboxylic acids is 1. The van der Waals surface area contributed by atoms with Crippen molar-refractivity contribution >= 4 is 12.0 Å². The molecule has 1 aliphatic carbocycles. The van der Waals surface area contributed by atoms with Crippen molar-refractivity contribution in [1.82, 2.24) is 10.6 Å². The summed E-state index contributed by atoms with van der Waals surface area (Å²) >= 11 is 0. The van der Waals surface area contributed by atoms with Crippen LogP contribution >= 0.6 is 0 Å². The molecule has 0 aromatic carbocycles. The predicted molar refractivity (Wildman–Crippen MR) is 64.8 cm³/mol. The third-order valence-corrected chi connectivity index (χ3v) is 3.25. The summed E-state index contributed by atoms with van der Waals surface area (Å²) in [5, 5.41) is 14.2. The van der Waals surface area contributed by atoms with E-state index in [1.807, 2.05) is 0 Å². The number of hydrogen-bond donors (Lipinski definition) is 3. The fraction of sp³-hybridized carbons (Fsp3) is 0.833. The summed E-state index contributed by atoms with van der Waals surface area (Å²) < 4.78 is 0. The lowest BCUT2D eigenvalue weighted by atomic mass is 10.1.